The summed E-state index contributed by atoms with van der Waals surface area (Å²) in [6.07, 6.45) is 13.1. The molecule has 1 aromatic rings. The van der Waals surface area contributed by atoms with Crippen LogP contribution in [-0.2, 0) is 23.1 Å². The molecule has 1 aromatic heterocycles. The second-order valence-corrected chi connectivity index (χ2v) is 13.6. The third-order valence-electron chi connectivity index (χ3n) is 7.80. The molecule has 1 saturated heterocycles. The number of carbonyl (C=O) groups is 1. The summed E-state index contributed by atoms with van der Waals surface area (Å²) in [7, 11) is -5.09. The summed E-state index contributed by atoms with van der Waals surface area (Å²) >= 11 is 5.09. The molecule has 12 nitrogen and oxygen atoms in total. The number of amides is 1. The predicted molar refractivity (Wildman–Crippen MR) is 171 cm³/mol. The lowest BCUT2D eigenvalue weighted by atomic mass is 9.96. The maximum Gasteiger partial charge on any atom is 0.472 e. The SMILES string of the molecule is [2H]C([2H])(OP(=O)(O)OC[C@@H](CCCCCCCCCCCCCCCC)NC(C)=O)[C@H]1O[C@@H](n2ccc(=O)[nH]c2=S)C(C)(O)[C@H]1O. The first-order chi connectivity index (χ1) is 21.6. The number of aromatic nitrogens is 2. The summed E-state index contributed by atoms with van der Waals surface area (Å²) in [6, 6.07) is 0.491. The Morgan fingerprint density at radius 3 is 2.20 bits per heavy atom. The average molecular weight is 666 g/mol. The minimum absolute atomic E-state index is 0.161. The monoisotopic (exact) mass is 665 g/mol. The Morgan fingerprint density at radius 1 is 1.14 bits per heavy atom. The summed E-state index contributed by atoms with van der Waals surface area (Å²) in [5, 5.41) is 24.3. The number of aromatic amines is 1. The summed E-state index contributed by atoms with van der Waals surface area (Å²) in [5.74, 6) is -0.348. The maximum absolute atomic E-state index is 12.8. The van der Waals surface area contributed by atoms with E-state index in [1.807, 2.05) is 0 Å². The van der Waals surface area contributed by atoms with Gasteiger partial charge >= 0.3 is 7.82 Å². The first-order valence-corrected chi connectivity index (χ1v) is 17.8. The normalized spacial score (nSPS) is 24.8. The van der Waals surface area contributed by atoms with Crippen LogP contribution in [0, 0.1) is 4.77 Å². The zero-order valence-electron chi connectivity index (χ0n) is 28.4. The number of phosphoric acid groups is 1. The number of aliphatic hydroxyl groups is 2. The van der Waals surface area contributed by atoms with Crippen molar-refractivity contribution in [3.8, 4) is 0 Å². The molecule has 6 atom stereocenters. The van der Waals surface area contributed by atoms with Crippen LogP contribution >= 0.6 is 20.0 Å². The van der Waals surface area contributed by atoms with Crippen LogP contribution in [0.25, 0.3) is 0 Å². The van der Waals surface area contributed by atoms with Crippen molar-refractivity contribution in [1.29, 1.82) is 0 Å². The van der Waals surface area contributed by atoms with Gasteiger partial charge in [-0.2, -0.15) is 0 Å². The predicted octanol–water partition coefficient (Wildman–Crippen LogP) is 5.42. The molecule has 0 saturated carbocycles. The molecule has 2 unspecified atom stereocenters. The van der Waals surface area contributed by atoms with Gasteiger partial charge in [-0.05, 0) is 25.6 Å². The van der Waals surface area contributed by atoms with E-state index in [9.17, 15) is 29.3 Å². The molecule has 14 heteroatoms. The molecule has 1 fully saturated rings. The van der Waals surface area contributed by atoms with Crippen molar-refractivity contribution in [2.75, 3.05) is 13.2 Å². The molecule has 254 valence electrons. The Morgan fingerprint density at radius 2 is 1.68 bits per heavy atom. The van der Waals surface area contributed by atoms with Crippen LogP contribution in [0.2, 0.25) is 0 Å². The highest BCUT2D eigenvalue weighted by Gasteiger charge is 2.53. The molecule has 0 radical (unpaired) electrons. The fourth-order valence-corrected chi connectivity index (χ4v) is 6.17. The highest BCUT2D eigenvalue weighted by molar-refractivity contribution is 7.71. The van der Waals surface area contributed by atoms with Crippen LogP contribution in [0.3, 0.4) is 0 Å². The molecule has 5 N–H and O–H groups in total. The van der Waals surface area contributed by atoms with Crippen molar-refractivity contribution < 1.29 is 41.0 Å². The topological polar surface area (TPSA) is 172 Å². The largest absolute Gasteiger partial charge is 0.472 e. The highest BCUT2D eigenvalue weighted by Crippen LogP contribution is 2.46. The average Bonchev–Trinajstić information content (AvgIpc) is 3.20. The molecule has 1 amide bonds. The van der Waals surface area contributed by atoms with E-state index >= 15 is 0 Å². The summed E-state index contributed by atoms with van der Waals surface area (Å²) in [4.78, 5) is 36.0. The van der Waals surface area contributed by atoms with Crippen LogP contribution in [0.4, 0.5) is 0 Å². The Balaban J connectivity index is 1.80. The van der Waals surface area contributed by atoms with Crippen LogP contribution in [0.1, 0.15) is 126 Å². The first kappa shape index (κ1) is 35.4. The van der Waals surface area contributed by atoms with Crippen LogP contribution in [-0.4, -0.2) is 67.6 Å². The van der Waals surface area contributed by atoms with Crippen molar-refractivity contribution in [3.63, 3.8) is 0 Å². The van der Waals surface area contributed by atoms with Gasteiger partial charge in [0.15, 0.2) is 11.0 Å². The number of carbonyl (C=O) groups excluding carboxylic acids is 1. The summed E-state index contributed by atoms with van der Waals surface area (Å²) < 4.78 is 45.7. The van der Waals surface area contributed by atoms with Crippen molar-refractivity contribution in [3.05, 3.63) is 27.4 Å². The number of hydrogen-bond donors (Lipinski definition) is 5. The lowest BCUT2D eigenvalue weighted by molar-refractivity contribution is -0.120. The van der Waals surface area contributed by atoms with Gasteiger partial charge in [0, 0.05) is 19.2 Å². The van der Waals surface area contributed by atoms with E-state index in [0.29, 0.717) is 6.42 Å². The van der Waals surface area contributed by atoms with Crippen LogP contribution in [0.15, 0.2) is 17.1 Å². The number of unbranched alkanes of at least 4 members (excludes halogenated alkanes) is 13. The molecule has 2 rings (SSSR count). The Bertz CT molecular complexity index is 1230. The molecule has 2 heterocycles. The number of H-pyrrole nitrogens is 1. The maximum atomic E-state index is 12.8. The van der Waals surface area contributed by atoms with Gasteiger partial charge in [0.05, 0.1) is 21.9 Å². The van der Waals surface area contributed by atoms with Crippen molar-refractivity contribution in [1.82, 2.24) is 14.9 Å². The lowest BCUT2D eigenvalue weighted by Crippen LogP contribution is -2.44. The molecule has 44 heavy (non-hydrogen) atoms. The molecular formula is C30H54N3O9PS. The van der Waals surface area contributed by atoms with Crippen molar-refractivity contribution >= 4 is 25.9 Å². The Hall–Kier alpha value is -1.44. The van der Waals surface area contributed by atoms with E-state index in [0.717, 1.165) is 43.2 Å². The van der Waals surface area contributed by atoms with E-state index in [1.54, 1.807) is 0 Å². The lowest BCUT2D eigenvalue weighted by Gasteiger charge is -2.28. The van der Waals surface area contributed by atoms with E-state index in [4.69, 9.17) is 28.7 Å². The van der Waals surface area contributed by atoms with Crippen LogP contribution in [0.5, 0.6) is 0 Å². The molecule has 0 aromatic carbocycles. The number of rotatable bonds is 23. The number of nitrogens with one attached hydrogen (secondary N) is 2. The van der Waals surface area contributed by atoms with E-state index < -0.39 is 56.6 Å². The van der Waals surface area contributed by atoms with Gasteiger partial charge < -0.3 is 25.2 Å². The highest BCUT2D eigenvalue weighted by atomic mass is 32.1. The van der Waals surface area contributed by atoms with Gasteiger partial charge in [0.1, 0.15) is 17.8 Å². The Labute approximate surface area is 269 Å². The molecular weight excluding hydrogens is 609 g/mol. The first-order valence-electron chi connectivity index (χ1n) is 16.9. The van der Waals surface area contributed by atoms with Crippen molar-refractivity contribution in [2.45, 2.75) is 147 Å². The fourth-order valence-electron chi connectivity index (χ4n) is 5.25. The number of nitrogens with zero attached hydrogens (tertiary/aromatic N) is 1. The third-order valence-corrected chi connectivity index (χ3v) is 8.93. The van der Waals surface area contributed by atoms with E-state index in [-0.39, 0.29) is 10.7 Å². The van der Waals surface area contributed by atoms with E-state index in [2.05, 4.69) is 17.2 Å². The fraction of sp³-hybridized carbons (Fsp3) is 0.833. The third kappa shape index (κ3) is 13.9. The molecule has 1 aliphatic rings. The molecule has 1 aliphatic heterocycles. The minimum Gasteiger partial charge on any atom is -0.387 e. The number of ether oxygens (including phenoxy) is 1. The second kappa shape index (κ2) is 19.9. The number of aliphatic hydroxyl groups excluding tert-OH is 1. The molecule has 0 spiro atoms. The minimum atomic E-state index is -5.09. The van der Waals surface area contributed by atoms with Gasteiger partial charge in [-0.3, -0.25) is 28.2 Å². The number of hydrogen-bond acceptors (Lipinski definition) is 9. The summed E-state index contributed by atoms with van der Waals surface area (Å²) in [5.41, 5.74) is -2.66. The van der Waals surface area contributed by atoms with Gasteiger partial charge in [0.2, 0.25) is 5.91 Å². The molecule has 0 aliphatic carbocycles. The van der Waals surface area contributed by atoms with Crippen LogP contribution < -0.4 is 10.9 Å². The van der Waals surface area contributed by atoms with Gasteiger partial charge in [0.25, 0.3) is 5.56 Å². The zero-order chi connectivity index (χ0) is 34.4. The zero-order valence-corrected chi connectivity index (χ0v) is 28.1. The van der Waals surface area contributed by atoms with Gasteiger partial charge in [-0.1, -0.05) is 96.8 Å². The molecule has 0 bridgehead atoms. The van der Waals surface area contributed by atoms with E-state index in [1.165, 1.54) is 77.3 Å². The standard InChI is InChI=1S/C30H54N3O9PS/c1-4-5-6-7-8-9-10-11-12-13-14-15-16-17-18-24(31-23(2)34)21-40-43(38,39)41-22-25-27(36)30(3,37)28(42-25)33-20-19-26(35)32-29(33)44/h19-20,24-25,27-28,36-37H,4-18,21-22H2,1-3H3,(H,31,34)(H,38,39)(H,32,35,44)/t24-,25-,27+,28-,30?/m1/s1/i22D2. The quantitative estimate of drug-likeness (QED) is 0.0577. The number of phosphoric ester groups is 1. The Kier molecular flexibility index (Phi) is 16.0. The van der Waals surface area contributed by atoms with Gasteiger partial charge in [-0.15, -0.1) is 0 Å². The second-order valence-electron chi connectivity index (χ2n) is 11.9. The van der Waals surface area contributed by atoms with Crippen molar-refractivity contribution in [2.24, 2.45) is 0 Å². The summed E-state index contributed by atoms with van der Waals surface area (Å²) in [6.45, 7) is 1.18. The smallest absolute Gasteiger partial charge is 0.387 e. The van der Waals surface area contributed by atoms with Gasteiger partial charge in [-0.25, -0.2) is 4.57 Å².